The van der Waals surface area contributed by atoms with E-state index < -0.39 is 48.3 Å². The normalized spacial score (nSPS) is 14.6. The van der Waals surface area contributed by atoms with Crippen molar-refractivity contribution in [2.45, 2.75) is 12.1 Å². The van der Waals surface area contributed by atoms with Gasteiger partial charge in [0.2, 0.25) is 5.91 Å². The zero-order valence-electron chi connectivity index (χ0n) is 20.3. The number of hydrogen-bond acceptors (Lipinski definition) is 5. The van der Waals surface area contributed by atoms with Crippen molar-refractivity contribution in [3.8, 4) is 16.9 Å². The first-order valence-corrected chi connectivity index (χ1v) is 11.7. The zero-order chi connectivity index (χ0) is 28.2. The molecule has 3 N–H and O–H groups in total. The number of pyridine rings is 1. The molecule has 0 bridgehead atoms. The van der Waals surface area contributed by atoms with Crippen molar-refractivity contribution < 1.29 is 36.3 Å². The first-order chi connectivity index (χ1) is 18.4. The number of nitrogen functional groups attached to an aromatic ring is 1. The number of carbonyl (C=O) groups is 2. The van der Waals surface area contributed by atoms with Gasteiger partial charge in [0.15, 0.2) is 0 Å². The van der Waals surface area contributed by atoms with Gasteiger partial charge in [0.05, 0.1) is 25.2 Å². The van der Waals surface area contributed by atoms with Crippen LogP contribution in [-0.4, -0.2) is 53.9 Å². The Balaban J connectivity index is 1.36. The summed E-state index contributed by atoms with van der Waals surface area (Å²) in [5.74, 6) is -4.01. The van der Waals surface area contributed by atoms with Crippen molar-refractivity contribution in [2.75, 3.05) is 32.0 Å². The van der Waals surface area contributed by atoms with Gasteiger partial charge in [-0.25, -0.2) is 13.8 Å². The number of halogens is 5. The van der Waals surface area contributed by atoms with Crippen molar-refractivity contribution in [3.63, 3.8) is 0 Å². The van der Waals surface area contributed by atoms with Crippen molar-refractivity contribution in [2.24, 2.45) is 0 Å². The van der Waals surface area contributed by atoms with Crippen LogP contribution in [0.2, 0.25) is 0 Å². The number of nitrogens with zero attached hydrogens (tertiary/aromatic N) is 2. The maximum atomic E-state index is 13.8. The average Bonchev–Trinajstić information content (AvgIpc) is 2.88. The first kappa shape index (κ1) is 27.6. The Kier molecular flexibility index (Phi) is 7.84. The number of likely N-dealkylation sites (tertiary alicyclic amines) is 1. The molecule has 1 aromatic heterocycles. The minimum absolute atomic E-state index is 0.0410. The van der Waals surface area contributed by atoms with Crippen LogP contribution in [0, 0.1) is 0 Å². The Labute approximate surface area is 220 Å². The quantitative estimate of drug-likeness (QED) is 0.244. The summed E-state index contributed by atoms with van der Waals surface area (Å²) in [6.07, 6.45) is -0.478. The lowest BCUT2D eigenvalue weighted by Crippen LogP contribution is -2.58. The van der Waals surface area contributed by atoms with E-state index in [1.165, 1.54) is 54.7 Å². The first-order valence-electron chi connectivity index (χ1n) is 11.7. The number of benzene rings is 2. The summed E-state index contributed by atoms with van der Waals surface area (Å²) in [6.45, 7) is -1.57. The number of aromatic nitrogens is 1. The molecule has 3 aromatic rings. The summed E-state index contributed by atoms with van der Waals surface area (Å²) < 4.78 is 72.6. The van der Waals surface area contributed by atoms with E-state index in [-0.39, 0.29) is 24.3 Å². The number of nitrogens with one attached hydrogen (secondary N) is 1. The van der Waals surface area contributed by atoms with Crippen molar-refractivity contribution in [1.82, 2.24) is 15.2 Å². The smallest absolute Gasteiger partial charge is 0.419 e. The fourth-order valence-corrected chi connectivity index (χ4v) is 3.78. The van der Waals surface area contributed by atoms with Crippen LogP contribution in [0.4, 0.5) is 27.8 Å². The molecule has 0 atom stereocenters. The largest absolute Gasteiger partial charge is 0.491 e. The maximum absolute atomic E-state index is 13.8. The highest BCUT2D eigenvalue weighted by Gasteiger charge is 2.46. The summed E-state index contributed by atoms with van der Waals surface area (Å²) >= 11 is 0. The second-order valence-corrected chi connectivity index (χ2v) is 8.79. The highest BCUT2D eigenvalue weighted by Crippen LogP contribution is 2.39. The third-order valence-corrected chi connectivity index (χ3v) is 5.78. The number of ether oxygens (including phenoxy) is 1. The number of anilines is 1. The zero-order valence-corrected chi connectivity index (χ0v) is 20.3. The molecule has 1 fully saturated rings. The number of nitrogens with two attached hydrogens (primary N) is 1. The lowest BCUT2D eigenvalue weighted by Gasteiger charge is -2.38. The summed E-state index contributed by atoms with van der Waals surface area (Å²) in [4.78, 5) is 29.1. The summed E-state index contributed by atoms with van der Waals surface area (Å²) in [7, 11) is 0. The van der Waals surface area contributed by atoms with Gasteiger partial charge in [-0.1, -0.05) is 18.2 Å². The molecule has 7 nitrogen and oxygen atoms in total. The number of amides is 2. The highest BCUT2D eigenvalue weighted by molar-refractivity contribution is 5.95. The second kappa shape index (κ2) is 11.1. The third-order valence-electron chi connectivity index (χ3n) is 5.78. The standard InChI is InChI=1S/C27H23F5N4O3/c28-26(29)15-36(16-26)25(38)19-5-3-18(4-6-19)20-7-8-22(21(13-20)27(30,31)32)39-12-11-34-24(37)10-2-17-1-9-23(33)35-14-17/h1-10,13-14H,11-12,15-16H2,(H2,33,35)(H,34,37). The van der Waals surface area contributed by atoms with Gasteiger partial charge in [0.25, 0.3) is 11.8 Å². The molecule has 0 saturated carbocycles. The van der Waals surface area contributed by atoms with Crippen LogP contribution in [0.3, 0.4) is 0 Å². The molecule has 39 heavy (non-hydrogen) atoms. The van der Waals surface area contributed by atoms with Crippen LogP contribution in [0.1, 0.15) is 21.5 Å². The lowest BCUT2D eigenvalue weighted by atomic mass is 10.00. The van der Waals surface area contributed by atoms with E-state index in [9.17, 15) is 31.5 Å². The molecule has 2 aromatic carbocycles. The van der Waals surface area contributed by atoms with Crippen LogP contribution < -0.4 is 15.8 Å². The van der Waals surface area contributed by atoms with Gasteiger partial charge in [-0.15, -0.1) is 0 Å². The summed E-state index contributed by atoms with van der Waals surface area (Å²) in [6, 6.07) is 12.4. The lowest BCUT2D eigenvalue weighted by molar-refractivity contribution is -0.139. The number of rotatable bonds is 8. The van der Waals surface area contributed by atoms with Gasteiger partial charge in [-0.3, -0.25) is 9.59 Å². The van der Waals surface area contributed by atoms with Gasteiger partial charge in [0, 0.05) is 17.8 Å². The molecule has 1 aliphatic heterocycles. The molecular weight excluding hydrogens is 523 g/mol. The molecule has 4 rings (SSSR count). The van der Waals surface area contributed by atoms with Gasteiger partial charge in [0.1, 0.15) is 18.2 Å². The minimum Gasteiger partial charge on any atom is -0.491 e. The van der Waals surface area contributed by atoms with Crippen LogP contribution in [-0.2, 0) is 11.0 Å². The fourth-order valence-electron chi connectivity index (χ4n) is 3.78. The van der Waals surface area contributed by atoms with E-state index in [4.69, 9.17) is 10.5 Å². The number of carbonyl (C=O) groups excluding carboxylic acids is 2. The SMILES string of the molecule is Nc1ccc(C=CC(=O)NCCOc2ccc(-c3ccc(C(=O)N4CC(F)(F)C4)cc3)cc2C(F)(F)F)cn1. The maximum Gasteiger partial charge on any atom is 0.419 e. The Hall–Kier alpha value is -4.48. The van der Waals surface area contributed by atoms with E-state index in [0.717, 1.165) is 11.0 Å². The molecule has 0 radical (unpaired) electrons. The molecule has 1 aliphatic rings. The molecule has 2 heterocycles. The molecule has 12 heteroatoms. The van der Waals surface area contributed by atoms with E-state index in [0.29, 0.717) is 16.9 Å². The van der Waals surface area contributed by atoms with Gasteiger partial charge in [-0.05, 0) is 59.2 Å². The Morgan fingerprint density at radius 3 is 2.36 bits per heavy atom. The van der Waals surface area contributed by atoms with Gasteiger partial charge in [-0.2, -0.15) is 13.2 Å². The van der Waals surface area contributed by atoms with E-state index in [2.05, 4.69) is 10.3 Å². The van der Waals surface area contributed by atoms with E-state index in [1.807, 2.05) is 0 Å². The molecule has 204 valence electrons. The summed E-state index contributed by atoms with van der Waals surface area (Å²) in [5.41, 5.74) is 5.91. The van der Waals surface area contributed by atoms with Gasteiger partial charge < -0.3 is 20.7 Å². The molecule has 1 saturated heterocycles. The number of hydrogen-bond donors (Lipinski definition) is 2. The predicted octanol–water partition coefficient (Wildman–Crippen LogP) is 4.65. The minimum atomic E-state index is -4.72. The Morgan fingerprint density at radius 2 is 1.74 bits per heavy atom. The molecule has 0 spiro atoms. The Morgan fingerprint density at radius 1 is 1.05 bits per heavy atom. The fraction of sp³-hybridized carbons (Fsp3) is 0.222. The monoisotopic (exact) mass is 546 g/mol. The van der Waals surface area contributed by atoms with Crippen LogP contribution in [0.15, 0.2) is 66.9 Å². The molecular formula is C27H23F5N4O3. The Bertz CT molecular complexity index is 1370. The van der Waals surface area contributed by atoms with Crippen molar-refractivity contribution >= 4 is 23.7 Å². The van der Waals surface area contributed by atoms with Crippen molar-refractivity contribution in [3.05, 3.63) is 83.6 Å². The second-order valence-electron chi connectivity index (χ2n) is 8.79. The van der Waals surface area contributed by atoms with Crippen molar-refractivity contribution in [1.29, 1.82) is 0 Å². The third kappa shape index (κ3) is 7.09. The summed E-state index contributed by atoms with van der Waals surface area (Å²) in [5, 5.41) is 2.52. The highest BCUT2D eigenvalue weighted by atomic mass is 19.4. The van der Waals surface area contributed by atoms with Crippen LogP contribution >= 0.6 is 0 Å². The predicted molar refractivity (Wildman–Crippen MR) is 134 cm³/mol. The average molecular weight is 546 g/mol. The van der Waals surface area contributed by atoms with E-state index in [1.54, 1.807) is 12.1 Å². The van der Waals surface area contributed by atoms with Crippen LogP contribution in [0.25, 0.3) is 17.2 Å². The molecule has 0 aliphatic carbocycles. The van der Waals surface area contributed by atoms with Gasteiger partial charge >= 0.3 is 6.18 Å². The topological polar surface area (TPSA) is 97.6 Å². The molecule has 2 amide bonds. The number of alkyl halides is 5. The van der Waals surface area contributed by atoms with Crippen LogP contribution in [0.5, 0.6) is 5.75 Å². The molecule has 0 unspecified atom stereocenters. The van der Waals surface area contributed by atoms with E-state index >= 15 is 0 Å².